The van der Waals surface area contributed by atoms with Gasteiger partial charge >= 0.3 is 5.97 Å². The third-order valence-corrected chi connectivity index (χ3v) is 4.75. The summed E-state index contributed by atoms with van der Waals surface area (Å²) in [6.45, 7) is 1.85. The predicted molar refractivity (Wildman–Crippen MR) is 100 cm³/mol. The first-order valence-corrected chi connectivity index (χ1v) is 8.92. The molecule has 2 amide bonds. The van der Waals surface area contributed by atoms with Crippen molar-refractivity contribution in [2.45, 2.75) is 13.3 Å². The summed E-state index contributed by atoms with van der Waals surface area (Å²) < 4.78 is 1.54. The Balaban J connectivity index is 1.65. The van der Waals surface area contributed by atoms with Crippen LogP contribution in [0.4, 0.5) is 0 Å². The molecule has 1 aromatic heterocycles. The first kappa shape index (κ1) is 17.9. The molecule has 0 radical (unpaired) electrons. The molecule has 4 rings (SSSR count). The van der Waals surface area contributed by atoms with Crippen molar-refractivity contribution in [3.05, 3.63) is 82.1 Å². The maximum absolute atomic E-state index is 12.7. The van der Waals surface area contributed by atoms with Gasteiger partial charge in [0.1, 0.15) is 5.56 Å². The van der Waals surface area contributed by atoms with Gasteiger partial charge in [0.05, 0.1) is 33.7 Å². The number of rotatable bonds is 4. The number of hydrogen-bond acceptors (Lipinski definition) is 5. The first-order valence-electron chi connectivity index (χ1n) is 8.54. The van der Waals surface area contributed by atoms with Crippen LogP contribution in [-0.2, 0) is 11.3 Å². The number of carbonyl (C=O) groups excluding carboxylic acids is 3. The molecular formula is C20H14ClN3O4. The molecule has 0 atom stereocenters. The number of hydroxylamine groups is 2. The molecule has 2 heterocycles. The van der Waals surface area contributed by atoms with E-state index in [0.29, 0.717) is 27.9 Å². The largest absolute Gasteiger partial charge is 0.367 e. The number of nitrogens with zero attached hydrogens (tertiary/aromatic N) is 3. The van der Waals surface area contributed by atoms with E-state index in [1.165, 1.54) is 18.3 Å². The number of carbonyl (C=O) groups is 3. The number of fused-ring (bicyclic) bond motifs is 1. The van der Waals surface area contributed by atoms with Gasteiger partial charge in [-0.2, -0.15) is 5.10 Å². The van der Waals surface area contributed by atoms with Crippen LogP contribution in [0.2, 0.25) is 5.02 Å². The highest BCUT2D eigenvalue weighted by molar-refractivity contribution is 6.32. The van der Waals surface area contributed by atoms with Gasteiger partial charge in [0.2, 0.25) is 0 Å². The highest BCUT2D eigenvalue weighted by atomic mass is 35.5. The average molecular weight is 396 g/mol. The van der Waals surface area contributed by atoms with Gasteiger partial charge in [-0.25, -0.2) is 9.48 Å². The van der Waals surface area contributed by atoms with E-state index in [1.54, 1.807) is 41.1 Å². The van der Waals surface area contributed by atoms with E-state index >= 15 is 0 Å². The lowest BCUT2D eigenvalue weighted by Gasteiger charge is -2.13. The van der Waals surface area contributed by atoms with Crippen molar-refractivity contribution in [3.63, 3.8) is 0 Å². The first-order chi connectivity index (χ1) is 13.5. The lowest BCUT2D eigenvalue weighted by molar-refractivity contribution is -0.0585. The zero-order valence-electron chi connectivity index (χ0n) is 14.8. The number of imide groups is 1. The van der Waals surface area contributed by atoms with E-state index in [4.69, 9.17) is 16.4 Å². The van der Waals surface area contributed by atoms with Gasteiger partial charge in [0, 0.05) is 0 Å². The van der Waals surface area contributed by atoms with E-state index in [9.17, 15) is 14.4 Å². The fraction of sp³-hybridized carbons (Fsp3) is 0.100. The van der Waals surface area contributed by atoms with Crippen molar-refractivity contribution in [2.24, 2.45) is 0 Å². The minimum atomic E-state index is -0.843. The lowest BCUT2D eigenvalue weighted by atomic mass is 10.1. The molecule has 28 heavy (non-hydrogen) atoms. The van der Waals surface area contributed by atoms with Crippen LogP contribution >= 0.6 is 11.6 Å². The van der Waals surface area contributed by atoms with Crippen LogP contribution in [0.5, 0.6) is 0 Å². The summed E-state index contributed by atoms with van der Waals surface area (Å²) in [5, 5.41) is 5.19. The van der Waals surface area contributed by atoms with Gasteiger partial charge in [-0.1, -0.05) is 47.9 Å². The summed E-state index contributed by atoms with van der Waals surface area (Å²) in [5.74, 6) is -2.19. The van der Waals surface area contributed by atoms with Crippen molar-refractivity contribution in [1.82, 2.24) is 14.8 Å². The smallest absolute Gasteiger partial charge is 0.324 e. The predicted octanol–water partition coefficient (Wildman–Crippen LogP) is 3.46. The summed E-state index contributed by atoms with van der Waals surface area (Å²) in [6.07, 6.45) is 1.79. The highest BCUT2D eigenvalue weighted by Crippen LogP contribution is 2.26. The van der Waals surface area contributed by atoms with E-state index in [1.807, 2.05) is 6.92 Å². The van der Waals surface area contributed by atoms with Gasteiger partial charge in [0.15, 0.2) is 0 Å². The normalized spacial score (nSPS) is 13.0. The average Bonchev–Trinajstić information content (AvgIpc) is 3.24. The second-order valence-electron chi connectivity index (χ2n) is 6.05. The van der Waals surface area contributed by atoms with Gasteiger partial charge in [-0.3, -0.25) is 9.59 Å². The van der Waals surface area contributed by atoms with Crippen LogP contribution in [0.25, 0.3) is 5.69 Å². The molecule has 0 unspecified atom stereocenters. The van der Waals surface area contributed by atoms with Crippen LogP contribution in [0, 0.1) is 0 Å². The second-order valence-corrected chi connectivity index (χ2v) is 6.46. The fourth-order valence-electron chi connectivity index (χ4n) is 3.10. The fourth-order valence-corrected chi connectivity index (χ4v) is 3.31. The maximum atomic E-state index is 12.7. The topological polar surface area (TPSA) is 81.5 Å². The molecule has 0 saturated carbocycles. The molecule has 7 nitrogen and oxygen atoms in total. The minimum Gasteiger partial charge on any atom is -0.324 e. The Hall–Kier alpha value is -3.45. The van der Waals surface area contributed by atoms with Crippen LogP contribution in [0.15, 0.2) is 54.7 Å². The molecule has 0 bridgehead atoms. The zero-order chi connectivity index (χ0) is 19.8. The summed E-state index contributed by atoms with van der Waals surface area (Å²) in [6, 6.07) is 13.4. The molecular weight excluding hydrogens is 382 g/mol. The zero-order valence-corrected chi connectivity index (χ0v) is 15.5. The minimum absolute atomic E-state index is 0.152. The van der Waals surface area contributed by atoms with Crippen molar-refractivity contribution >= 4 is 29.4 Å². The number of hydrogen-bond donors (Lipinski definition) is 0. The number of benzene rings is 2. The molecule has 3 aromatic rings. The molecule has 1 aliphatic rings. The highest BCUT2D eigenvalue weighted by Gasteiger charge is 2.39. The molecule has 1 aliphatic heterocycles. The Morgan fingerprint density at radius 2 is 1.64 bits per heavy atom. The Morgan fingerprint density at radius 3 is 2.25 bits per heavy atom. The Bertz CT molecular complexity index is 1090. The molecule has 0 spiro atoms. The SMILES string of the molecule is CCc1c(C(=O)ON2C(=O)c3ccccc3C2=O)cnn1-c1ccccc1Cl. The summed E-state index contributed by atoms with van der Waals surface area (Å²) in [4.78, 5) is 42.6. The summed E-state index contributed by atoms with van der Waals surface area (Å²) in [5.41, 5.74) is 1.71. The van der Waals surface area contributed by atoms with Crippen LogP contribution in [0.3, 0.4) is 0 Å². The van der Waals surface area contributed by atoms with E-state index in [2.05, 4.69) is 5.10 Å². The number of para-hydroxylation sites is 1. The maximum Gasteiger partial charge on any atom is 0.367 e. The molecule has 8 heteroatoms. The molecule has 0 aliphatic carbocycles. The van der Waals surface area contributed by atoms with Gasteiger partial charge < -0.3 is 4.84 Å². The Morgan fingerprint density at radius 1 is 1.04 bits per heavy atom. The van der Waals surface area contributed by atoms with Gasteiger partial charge in [0.25, 0.3) is 11.8 Å². The second kappa shape index (κ2) is 6.94. The number of halogens is 1. The molecule has 0 saturated heterocycles. The van der Waals surface area contributed by atoms with Gasteiger partial charge in [-0.05, 0) is 30.7 Å². The third kappa shape index (κ3) is 2.76. The monoisotopic (exact) mass is 395 g/mol. The van der Waals surface area contributed by atoms with Gasteiger partial charge in [-0.15, -0.1) is 0 Å². The quantitative estimate of drug-likeness (QED) is 0.632. The Kier molecular flexibility index (Phi) is 4.44. The molecule has 2 aromatic carbocycles. The Labute approximate surface area is 165 Å². The van der Waals surface area contributed by atoms with Crippen LogP contribution in [0.1, 0.15) is 43.7 Å². The lowest BCUT2D eigenvalue weighted by Crippen LogP contribution is -2.32. The summed E-state index contributed by atoms with van der Waals surface area (Å²) >= 11 is 6.23. The van der Waals surface area contributed by atoms with Crippen LogP contribution < -0.4 is 0 Å². The van der Waals surface area contributed by atoms with E-state index in [-0.39, 0.29) is 16.7 Å². The standard InChI is InChI=1S/C20H14ClN3O4/c1-2-16-14(11-22-23(16)17-10-6-5-9-15(17)21)20(27)28-24-18(25)12-7-3-4-8-13(12)19(24)26/h3-11H,2H2,1H3. The molecule has 0 N–H and O–H groups in total. The van der Waals surface area contributed by atoms with E-state index < -0.39 is 17.8 Å². The molecule has 140 valence electrons. The third-order valence-electron chi connectivity index (χ3n) is 4.44. The van der Waals surface area contributed by atoms with Crippen molar-refractivity contribution in [1.29, 1.82) is 0 Å². The summed E-state index contributed by atoms with van der Waals surface area (Å²) in [7, 11) is 0. The van der Waals surface area contributed by atoms with Crippen LogP contribution in [-0.4, -0.2) is 32.6 Å². The number of amides is 2. The van der Waals surface area contributed by atoms with Crippen molar-refractivity contribution in [2.75, 3.05) is 0 Å². The number of aromatic nitrogens is 2. The van der Waals surface area contributed by atoms with Crippen molar-refractivity contribution in [3.8, 4) is 5.69 Å². The molecule has 0 fully saturated rings. The van der Waals surface area contributed by atoms with E-state index in [0.717, 1.165) is 0 Å². The van der Waals surface area contributed by atoms with Crippen molar-refractivity contribution < 1.29 is 19.2 Å².